The normalized spacial score (nSPS) is 15.9. The molecule has 0 bridgehead atoms. The first kappa shape index (κ1) is 39.8. The monoisotopic (exact) mass is 802 g/mol. The average molecular weight is 804 g/mol. The molecule has 16 heteroatoms. The molecule has 2 aliphatic heterocycles. The van der Waals surface area contributed by atoms with Crippen LogP contribution in [-0.2, 0) is 13.1 Å². The molecule has 0 spiro atoms. The number of methoxy groups -OCH3 is 2. The van der Waals surface area contributed by atoms with Crippen LogP contribution in [0, 0.1) is 5.82 Å². The standard InChI is InChI=1S/C38H46Cl3FN8O4/c1-5-53-31-19-25(7-9-29(31)39)23-47-15-11-27(12-16-47)49(35-33(51-3)21-43-37(40)45-35)50(36-34(52-4)22-44-38(41)46-36)28-13-17-48(18-14-28)24-26-8-10-30(42)32(20-26)54-6-2/h7-10,19-22,27-28H,5-6,11-18,23-24H2,1-4H3. The van der Waals surface area contributed by atoms with Crippen LogP contribution in [0.1, 0.15) is 50.7 Å². The molecule has 0 N–H and O–H groups in total. The van der Waals surface area contributed by atoms with E-state index in [9.17, 15) is 4.39 Å². The minimum atomic E-state index is -0.362. The summed E-state index contributed by atoms with van der Waals surface area (Å²) in [6, 6.07) is 10.9. The number of halogens is 4. The molecule has 0 radical (unpaired) electrons. The van der Waals surface area contributed by atoms with Crippen LogP contribution in [0.3, 0.4) is 0 Å². The molecule has 290 valence electrons. The second-order valence-electron chi connectivity index (χ2n) is 13.2. The Labute approximate surface area is 331 Å². The van der Waals surface area contributed by atoms with Gasteiger partial charge in [0.1, 0.15) is 5.75 Å². The van der Waals surface area contributed by atoms with Crippen molar-refractivity contribution in [1.82, 2.24) is 29.7 Å². The van der Waals surface area contributed by atoms with Gasteiger partial charge in [0.05, 0.1) is 56.9 Å². The number of hydrogen-bond donors (Lipinski definition) is 0. The fraction of sp³-hybridized carbons (Fsp3) is 0.474. The number of nitrogens with zero attached hydrogens (tertiary/aromatic N) is 8. The fourth-order valence-electron chi connectivity index (χ4n) is 7.18. The van der Waals surface area contributed by atoms with Crippen LogP contribution < -0.4 is 29.0 Å². The van der Waals surface area contributed by atoms with Crippen molar-refractivity contribution in [3.05, 3.63) is 81.3 Å². The maximum absolute atomic E-state index is 14.3. The molecule has 2 aliphatic rings. The van der Waals surface area contributed by atoms with Gasteiger partial charge in [-0.2, -0.15) is 9.97 Å². The Balaban J connectivity index is 1.30. The Morgan fingerprint density at radius 2 is 1.11 bits per heavy atom. The predicted molar refractivity (Wildman–Crippen MR) is 209 cm³/mol. The number of rotatable bonds is 15. The molecule has 0 aliphatic carbocycles. The molecule has 4 heterocycles. The number of hydrogen-bond acceptors (Lipinski definition) is 12. The van der Waals surface area contributed by atoms with Crippen LogP contribution >= 0.6 is 34.8 Å². The SMILES string of the molecule is CCOc1cc(CN2CCC(N(c3nc(Cl)ncc3OC)N(c3nc(Cl)ncc3OC)C3CCN(Cc4ccc(Cl)c(OCC)c4)CC3)CC2)ccc1F. The van der Waals surface area contributed by atoms with Gasteiger partial charge in [0.25, 0.3) is 0 Å². The first-order valence-electron chi connectivity index (χ1n) is 18.2. The molecule has 2 fully saturated rings. The summed E-state index contributed by atoms with van der Waals surface area (Å²) in [5.41, 5.74) is 2.12. The molecule has 2 aromatic carbocycles. The molecule has 0 unspecified atom stereocenters. The summed E-state index contributed by atoms with van der Waals surface area (Å²) in [6.07, 6.45) is 6.29. The summed E-state index contributed by atoms with van der Waals surface area (Å²) in [7, 11) is 3.19. The second kappa shape index (κ2) is 18.6. The molecular weight excluding hydrogens is 758 g/mol. The number of anilines is 2. The van der Waals surface area contributed by atoms with Crippen molar-refractivity contribution in [3.8, 4) is 23.0 Å². The van der Waals surface area contributed by atoms with E-state index in [1.807, 2.05) is 38.1 Å². The highest BCUT2D eigenvalue weighted by atomic mass is 35.5. The topological polar surface area (TPSA) is 101 Å². The van der Waals surface area contributed by atoms with E-state index in [1.54, 1.807) is 32.7 Å². The van der Waals surface area contributed by atoms with Gasteiger partial charge in [-0.15, -0.1) is 0 Å². The highest BCUT2D eigenvalue weighted by Gasteiger charge is 2.39. The van der Waals surface area contributed by atoms with Gasteiger partial charge in [0.15, 0.2) is 34.7 Å². The minimum absolute atomic E-state index is 0.0435. The van der Waals surface area contributed by atoms with E-state index in [1.165, 1.54) is 6.07 Å². The zero-order valence-electron chi connectivity index (χ0n) is 31.0. The van der Waals surface area contributed by atoms with Gasteiger partial charge >= 0.3 is 0 Å². The van der Waals surface area contributed by atoms with E-state index in [0.29, 0.717) is 53.7 Å². The lowest BCUT2D eigenvalue weighted by Gasteiger charge is -2.49. The van der Waals surface area contributed by atoms with Gasteiger partial charge in [-0.05, 0) is 98.1 Å². The molecule has 2 aromatic heterocycles. The molecule has 0 atom stereocenters. The summed E-state index contributed by atoms with van der Waals surface area (Å²) < 4.78 is 37.3. The first-order valence-corrected chi connectivity index (χ1v) is 19.3. The third-order valence-electron chi connectivity index (χ3n) is 9.73. The number of likely N-dealkylation sites (tertiary alicyclic amines) is 2. The maximum atomic E-state index is 14.3. The Bertz CT molecular complexity index is 1730. The largest absolute Gasteiger partial charge is 0.492 e. The minimum Gasteiger partial charge on any atom is -0.492 e. The lowest BCUT2D eigenvalue weighted by molar-refractivity contribution is 0.182. The quantitative estimate of drug-likeness (QED) is 0.0869. The Morgan fingerprint density at radius 1 is 0.667 bits per heavy atom. The maximum Gasteiger partial charge on any atom is 0.224 e. The van der Waals surface area contributed by atoms with Crippen molar-refractivity contribution in [2.24, 2.45) is 0 Å². The molecule has 0 amide bonds. The van der Waals surface area contributed by atoms with Gasteiger partial charge in [0.2, 0.25) is 10.6 Å². The van der Waals surface area contributed by atoms with Crippen molar-refractivity contribution in [2.75, 3.05) is 63.6 Å². The van der Waals surface area contributed by atoms with Crippen LogP contribution in [-0.4, -0.2) is 95.4 Å². The molecular formula is C38H46Cl3FN8O4. The molecule has 4 aromatic rings. The lowest BCUT2D eigenvalue weighted by Crippen LogP contribution is -2.59. The van der Waals surface area contributed by atoms with Crippen LogP contribution in [0.2, 0.25) is 15.6 Å². The Hall–Kier alpha value is -3.88. The van der Waals surface area contributed by atoms with Crippen LogP contribution in [0.15, 0.2) is 48.8 Å². The van der Waals surface area contributed by atoms with E-state index in [2.05, 4.69) is 29.8 Å². The van der Waals surface area contributed by atoms with Crippen molar-refractivity contribution >= 4 is 46.4 Å². The number of ether oxygens (including phenoxy) is 4. The molecule has 2 saturated heterocycles. The Kier molecular flexibility index (Phi) is 13.7. The number of aromatic nitrogens is 4. The number of benzene rings is 2. The second-order valence-corrected chi connectivity index (χ2v) is 14.2. The fourth-order valence-corrected chi connectivity index (χ4v) is 7.61. The summed E-state index contributed by atoms with van der Waals surface area (Å²) in [5.74, 6) is 2.56. The number of hydrazine groups is 1. The van der Waals surface area contributed by atoms with E-state index in [4.69, 9.17) is 63.7 Å². The lowest BCUT2D eigenvalue weighted by atomic mass is 10.0. The molecule has 0 saturated carbocycles. The van der Waals surface area contributed by atoms with Crippen molar-refractivity contribution < 1.29 is 23.3 Å². The van der Waals surface area contributed by atoms with E-state index < -0.39 is 0 Å². The average Bonchev–Trinajstić information content (AvgIpc) is 3.17. The van der Waals surface area contributed by atoms with Gasteiger partial charge in [0, 0.05) is 39.3 Å². The van der Waals surface area contributed by atoms with E-state index in [0.717, 1.165) is 69.5 Å². The van der Waals surface area contributed by atoms with Crippen molar-refractivity contribution in [3.63, 3.8) is 0 Å². The van der Waals surface area contributed by atoms with Gasteiger partial charge < -0.3 is 18.9 Å². The van der Waals surface area contributed by atoms with Crippen LogP contribution in [0.4, 0.5) is 16.0 Å². The third kappa shape index (κ3) is 9.49. The zero-order valence-corrected chi connectivity index (χ0v) is 33.2. The molecule has 12 nitrogen and oxygen atoms in total. The van der Waals surface area contributed by atoms with Crippen LogP contribution in [0.5, 0.6) is 23.0 Å². The van der Waals surface area contributed by atoms with E-state index >= 15 is 0 Å². The van der Waals surface area contributed by atoms with Gasteiger partial charge in [-0.25, -0.2) is 14.4 Å². The zero-order chi connectivity index (χ0) is 38.2. The number of piperidine rings is 2. The van der Waals surface area contributed by atoms with Crippen molar-refractivity contribution in [2.45, 2.75) is 64.7 Å². The molecule has 54 heavy (non-hydrogen) atoms. The summed E-state index contributed by atoms with van der Waals surface area (Å²) in [6.45, 7) is 9.30. The van der Waals surface area contributed by atoms with Gasteiger partial charge in [-0.3, -0.25) is 19.8 Å². The summed E-state index contributed by atoms with van der Waals surface area (Å²) in [4.78, 5) is 22.8. The highest BCUT2D eigenvalue weighted by molar-refractivity contribution is 6.32. The molecule has 6 rings (SSSR count). The first-order chi connectivity index (χ1) is 26.2. The van der Waals surface area contributed by atoms with Crippen LogP contribution in [0.25, 0.3) is 0 Å². The van der Waals surface area contributed by atoms with Gasteiger partial charge in [-0.1, -0.05) is 23.7 Å². The smallest absolute Gasteiger partial charge is 0.224 e. The summed E-state index contributed by atoms with van der Waals surface area (Å²) >= 11 is 19.4. The predicted octanol–water partition coefficient (Wildman–Crippen LogP) is 7.74. The third-order valence-corrected chi connectivity index (χ3v) is 10.4. The highest BCUT2D eigenvalue weighted by Crippen LogP contribution is 2.40. The van der Waals surface area contributed by atoms with E-state index in [-0.39, 0.29) is 34.2 Å². The Morgan fingerprint density at radius 3 is 1.57 bits per heavy atom. The van der Waals surface area contributed by atoms with Crippen molar-refractivity contribution in [1.29, 1.82) is 0 Å². The summed E-state index contributed by atoms with van der Waals surface area (Å²) in [5, 5.41) is 5.10.